The number of carbonyl (C=O) groups is 2. The van der Waals surface area contributed by atoms with Gasteiger partial charge in [-0.25, -0.2) is 0 Å². The lowest BCUT2D eigenvalue weighted by Crippen LogP contribution is -2.44. The Morgan fingerprint density at radius 3 is 2.70 bits per heavy atom. The molecule has 1 aliphatic heterocycles. The van der Waals surface area contributed by atoms with Crippen molar-refractivity contribution in [1.82, 2.24) is 4.90 Å². The van der Waals surface area contributed by atoms with E-state index < -0.39 is 12.1 Å². The first-order valence-corrected chi connectivity index (χ1v) is 6.91. The lowest BCUT2D eigenvalue weighted by molar-refractivity contribution is -0.153. The predicted octanol–water partition coefficient (Wildman–Crippen LogP) is -0.469. The summed E-state index contributed by atoms with van der Waals surface area (Å²) in [5.74, 6) is -0.628. The van der Waals surface area contributed by atoms with Crippen LogP contribution in [0.1, 0.15) is 19.8 Å². The average molecular weight is 288 g/mol. The second kappa shape index (κ2) is 8.89. The quantitative estimate of drug-likeness (QED) is 0.607. The molecule has 1 fully saturated rings. The van der Waals surface area contributed by atoms with Crippen molar-refractivity contribution in [3.05, 3.63) is 0 Å². The highest BCUT2D eigenvalue weighted by atomic mass is 16.5. The number of hydrogen-bond acceptors (Lipinski definition) is 6. The topological polar surface area (TPSA) is 91.1 Å². The lowest BCUT2D eigenvalue weighted by Gasteiger charge is -2.24. The first-order chi connectivity index (χ1) is 9.62. The minimum atomic E-state index is -0.519. The van der Waals surface area contributed by atoms with Gasteiger partial charge in [0.25, 0.3) is 5.91 Å². The SMILES string of the molecule is CCOC(=O)CN(CCOC)C(=O)C1CCC(CN)O1. The van der Waals surface area contributed by atoms with Gasteiger partial charge >= 0.3 is 5.97 Å². The van der Waals surface area contributed by atoms with Crippen molar-refractivity contribution >= 4 is 11.9 Å². The van der Waals surface area contributed by atoms with E-state index in [9.17, 15) is 9.59 Å². The summed E-state index contributed by atoms with van der Waals surface area (Å²) < 4.78 is 15.4. The van der Waals surface area contributed by atoms with E-state index in [4.69, 9.17) is 19.9 Å². The fourth-order valence-electron chi connectivity index (χ4n) is 2.10. The van der Waals surface area contributed by atoms with Crippen molar-refractivity contribution in [3.8, 4) is 0 Å². The molecule has 1 rings (SSSR count). The Morgan fingerprint density at radius 2 is 2.15 bits per heavy atom. The summed E-state index contributed by atoms with van der Waals surface area (Å²) in [6.45, 7) is 3.04. The first-order valence-electron chi connectivity index (χ1n) is 6.91. The van der Waals surface area contributed by atoms with Gasteiger partial charge in [-0.2, -0.15) is 0 Å². The number of nitrogens with zero attached hydrogens (tertiary/aromatic N) is 1. The van der Waals surface area contributed by atoms with E-state index in [1.54, 1.807) is 14.0 Å². The van der Waals surface area contributed by atoms with Gasteiger partial charge in [-0.05, 0) is 19.8 Å². The van der Waals surface area contributed by atoms with Crippen molar-refractivity contribution in [3.63, 3.8) is 0 Å². The fraction of sp³-hybridized carbons (Fsp3) is 0.846. The van der Waals surface area contributed by atoms with Crippen LogP contribution >= 0.6 is 0 Å². The van der Waals surface area contributed by atoms with Crippen LogP contribution in [0.4, 0.5) is 0 Å². The zero-order chi connectivity index (χ0) is 15.0. The van der Waals surface area contributed by atoms with Gasteiger partial charge in [-0.3, -0.25) is 9.59 Å². The highest BCUT2D eigenvalue weighted by molar-refractivity contribution is 5.85. The van der Waals surface area contributed by atoms with Gasteiger partial charge in [-0.1, -0.05) is 0 Å². The molecule has 2 N–H and O–H groups in total. The van der Waals surface area contributed by atoms with Crippen LogP contribution < -0.4 is 5.73 Å². The zero-order valence-electron chi connectivity index (χ0n) is 12.2. The van der Waals surface area contributed by atoms with Crippen LogP contribution in [-0.2, 0) is 23.8 Å². The zero-order valence-corrected chi connectivity index (χ0v) is 12.2. The van der Waals surface area contributed by atoms with E-state index in [1.807, 2.05) is 0 Å². The summed E-state index contributed by atoms with van der Waals surface area (Å²) in [7, 11) is 1.55. The summed E-state index contributed by atoms with van der Waals surface area (Å²) in [5.41, 5.74) is 5.53. The number of esters is 1. The van der Waals surface area contributed by atoms with Gasteiger partial charge in [-0.15, -0.1) is 0 Å². The molecule has 20 heavy (non-hydrogen) atoms. The summed E-state index contributed by atoms with van der Waals surface area (Å²) in [4.78, 5) is 25.3. The minimum absolute atomic E-state index is 0.0733. The molecule has 0 aromatic heterocycles. The molecule has 0 spiro atoms. The Bertz CT molecular complexity index is 324. The van der Waals surface area contributed by atoms with Crippen LogP contribution in [0.2, 0.25) is 0 Å². The molecule has 1 aliphatic rings. The van der Waals surface area contributed by atoms with Crippen molar-refractivity contribution in [2.75, 3.05) is 40.0 Å². The predicted molar refractivity (Wildman–Crippen MR) is 72.0 cm³/mol. The molecule has 1 amide bonds. The van der Waals surface area contributed by atoms with E-state index in [-0.39, 0.29) is 18.6 Å². The molecule has 0 saturated carbocycles. The van der Waals surface area contributed by atoms with Crippen LogP contribution in [-0.4, -0.2) is 68.9 Å². The van der Waals surface area contributed by atoms with Crippen LogP contribution in [0.5, 0.6) is 0 Å². The van der Waals surface area contributed by atoms with Crippen LogP contribution in [0, 0.1) is 0 Å². The smallest absolute Gasteiger partial charge is 0.325 e. The maximum absolute atomic E-state index is 12.3. The van der Waals surface area contributed by atoms with E-state index in [1.165, 1.54) is 4.90 Å². The second-order valence-electron chi connectivity index (χ2n) is 4.62. The number of amides is 1. The normalized spacial score (nSPS) is 21.8. The minimum Gasteiger partial charge on any atom is -0.465 e. The van der Waals surface area contributed by atoms with Gasteiger partial charge in [0, 0.05) is 20.2 Å². The van der Waals surface area contributed by atoms with Crippen molar-refractivity contribution in [2.24, 2.45) is 5.73 Å². The Kier molecular flexibility index (Phi) is 7.50. The largest absolute Gasteiger partial charge is 0.465 e. The molecule has 0 aliphatic carbocycles. The summed E-state index contributed by atoms with van der Waals surface area (Å²) >= 11 is 0. The average Bonchev–Trinajstić information content (AvgIpc) is 2.91. The number of ether oxygens (including phenoxy) is 3. The first kappa shape index (κ1) is 16.9. The van der Waals surface area contributed by atoms with Crippen LogP contribution in [0.15, 0.2) is 0 Å². The number of carbonyl (C=O) groups excluding carboxylic acids is 2. The second-order valence-corrected chi connectivity index (χ2v) is 4.62. The lowest BCUT2D eigenvalue weighted by atomic mass is 10.2. The number of methoxy groups -OCH3 is 1. The van der Waals surface area contributed by atoms with E-state index in [0.29, 0.717) is 32.7 Å². The highest BCUT2D eigenvalue weighted by Crippen LogP contribution is 2.20. The Hall–Kier alpha value is -1.18. The van der Waals surface area contributed by atoms with Gasteiger partial charge in [0.15, 0.2) is 0 Å². The third kappa shape index (κ3) is 5.07. The van der Waals surface area contributed by atoms with Gasteiger partial charge in [0.05, 0.1) is 19.3 Å². The molecule has 0 aromatic rings. The molecule has 2 atom stereocenters. The molecule has 7 heteroatoms. The van der Waals surface area contributed by atoms with Gasteiger partial charge < -0.3 is 24.8 Å². The molecule has 116 valence electrons. The van der Waals surface area contributed by atoms with Crippen LogP contribution in [0.25, 0.3) is 0 Å². The summed E-state index contributed by atoms with van der Waals surface area (Å²) in [6.07, 6.45) is 0.808. The molecular formula is C13H24N2O5. The third-order valence-corrected chi connectivity index (χ3v) is 3.15. The molecule has 7 nitrogen and oxygen atoms in total. The molecule has 0 radical (unpaired) electrons. The van der Waals surface area contributed by atoms with E-state index in [0.717, 1.165) is 6.42 Å². The standard InChI is InChI=1S/C13H24N2O5/c1-3-19-12(16)9-15(6-7-18-2)13(17)11-5-4-10(8-14)20-11/h10-11H,3-9,14H2,1-2H3. The van der Waals surface area contributed by atoms with Crippen LogP contribution in [0.3, 0.4) is 0 Å². The summed E-state index contributed by atoms with van der Waals surface area (Å²) in [6, 6.07) is 0. The van der Waals surface area contributed by atoms with Crippen molar-refractivity contribution in [1.29, 1.82) is 0 Å². The van der Waals surface area contributed by atoms with E-state index in [2.05, 4.69) is 0 Å². The highest BCUT2D eigenvalue weighted by Gasteiger charge is 2.33. The Morgan fingerprint density at radius 1 is 1.40 bits per heavy atom. The monoisotopic (exact) mass is 288 g/mol. The van der Waals surface area contributed by atoms with Gasteiger partial charge in [0.2, 0.25) is 0 Å². The fourth-order valence-corrected chi connectivity index (χ4v) is 2.10. The molecule has 0 aromatic carbocycles. The van der Waals surface area contributed by atoms with E-state index >= 15 is 0 Å². The number of hydrogen-bond donors (Lipinski definition) is 1. The number of nitrogens with two attached hydrogens (primary N) is 1. The molecule has 0 bridgehead atoms. The third-order valence-electron chi connectivity index (χ3n) is 3.15. The van der Waals surface area contributed by atoms with Gasteiger partial charge in [0.1, 0.15) is 12.6 Å². The maximum atomic E-state index is 12.3. The van der Waals surface area contributed by atoms with Crippen molar-refractivity contribution in [2.45, 2.75) is 32.0 Å². The summed E-state index contributed by atoms with van der Waals surface area (Å²) in [5, 5.41) is 0. The number of rotatable bonds is 8. The molecular weight excluding hydrogens is 264 g/mol. The maximum Gasteiger partial charge on any atom is 0.325 e. The van der Waals surface area contributed by atoms with Crippen molar-refractivity contribution < 1.29 is 23.8 Å². The Labute approximate surface area is 119 Å². The molecule has 1 saturated heterocycles. The Balaban J connectivity index is 2.57. The molecule has 2 unspecified atom stereocenters. The molecule has 1 heterocycles.